The number of nitrogens with one attached hydrogen (secondary N) is 1. The maximum absolute atomic E-state index is 11.4. The largest absolute Gasteiger partial charge is 0.394 e. The molecule has 0 heterocycles. The van der Waals surface area contributed by atoms with E-state index in [9.17, 15) is 13.2 Å². The molecule has 0 bridgehead atoms. The molecule has 1 amide bonds. The number of aliphatic hydroxyl groups excluding tert-OH is 1. The van der Waals surface area contributed by atoms with Gasteiger partial charge in [-0.2, -0.15) is 0 Å². The minimum atomic E-state index is -3.41. The lowest BCUT2D eigenvalue weighted by Crippen LogP contribution is -2.46. The van der Waals surface area contributed by atoms with Gasteiger partial charge in [0.25, 0.3) is 0 Å². The highest BCUT2D eigenvalue weighted by atomic mass is 32.2. The van der Waals surface area contributed by atoms with Gasteiger partial charge in [-0.15, -0.1) is 0 Å². The molecule has 7 heteroatoms. The van der Waals surface area contributed by atoms with Crippen molar-refractivity contribution in [3.63, 3.8) is 0 Å². The third-order valence-electron chi connectivity index (χ3n) is 1.95. The van der Waals surface area contributed by atoms with E-state index in [4.69, 9.17) is 9.84 Å². The molecule has 0 saturated heterocycles. The number of carbonyl (C=O) groups excluding carboxylic acids is 1. The van der Waals surface area contributed by atoms with E-state index in [-0.39, 0.29) is 13.2 Å². The first kappa shape index (κ1) is 14.3. The minimum Gasteiger partial charge on any atom is -0.394 e. The first-order chi connectivity index (χ1) is 6.82. The van der Waals surface area contributed by atoms with Gasteiger partial charge in [0.05, 0.1) is 19.3 Å². The molecule has 0 aliphatic carbocycles. The average Bonchev–Trinajstić information content (AvgIpc) is 2.14. The van der Waals surface area contributed by atoms with Crippen molar-refractivity contribution in [3.8, 4) is 0 Å². The lowest BCUT2D eigenvalue weighted by atomic mass is 10.3. The minimum absolute atomic E-state index is 0.138. The van der Waals surface area contributed by atoms with Crippen LogP contribution in [0.4, 0.5) is 0 Å². The van der Waals surface area contributed by atoms with Gasteiger partial charge in [-0.3, -0.25) is 4.79 Å². The predicted octanol–water partition coefficient (Wildman–Crippen LogP) is -1.46. The molecule has 90 valence electrons. The van der Waals surface area contributed by atoms with Crippen molar-refractivity contribution in [2.75, 3.05) is 26.6 Å². The van der Waals surface area contributed by atoms with E-state index in [2.05, 4.69) is 5.32 Å². The predicted molar refractivity (Wildman–Crippen MR) is 55.2 cm³/mol. The van der Waals surface area contributed by atoms with Gasteiger partial charge in [0, 0.05) is 13.4 Å². The van der Waals surface area contributed by atoms with Crippen molar-refractivity contribution in [1.29, 1.82) is 0 Å². The molecule has 15 heavy (non-hydrogen) atoms. The van der Waals surface area contributed by atoms with Gasteiger partial charge in [0.1, 0.15) is 5.25 Å². The molecule has 0 saturated carbocycles. The molecule has 0 aromatic rings. The van der Waals surface area contributed by atoms with Crippen LogP contribution >= 0.6 is 0 Å². The summed E-state index contributed by atoms with van der Waals surface area (Å²) in [6.07, 6.45) is 0.988. The summed E-state index contributed by atoms with van der Waals surface area (Å²) in [7, 11) is -1.98. The maximum Gasteiger partial charge on any atom is 0.238 e. The molecule has 0 fully saturated rings. The topological polar surface area (TPSA) is 92.7 Å². The fraction of sp³-hybridized carbons (Fsp3) is 0.875. The molecular weight excluding hydrogens is 222 g/mol. The summed E-state index contributed by atoms with van der Waals surface area (Å²) in [6, 6.07) is -0.577. The van der Waals surface area contributed by atoms with E-state index >= 15 is 0 Å². The molecule has 2 atom stereocenters. The smallest absolute Gasteiger partial charge is 0.238 e. The van der Waals surface area contributed by atoms with E-state index in [0.717, 1.165) is 6.26 Å². The first-order valence-corrected chi connectivity index (χ1v) is 6.37. The normalized spacial score (nSPS) is 15.7. The Balaban J connectivity index is 4.35. The van der Waals surface area contributed by atoms with E-state index in [0.29, 0.717) is 0 Å². The SMILES string of the molecule is COCC(CO)NC(=O)C(C)S(C)(=O)=O. The Hall–Kier alpha value is -0.660. The third kappa shape index (κ3) is 5.10. The van der Waals surface area contributed by atoms with Crippen LogP contribution in [-0.4, -0.2) is 57.3 Å². The summed E-state index contributed by atoms with van der Waals surface area (Å²) in [5.74, 6) is -0.631. The van der Waals surface area contributed by atoms with Gasteiger partial charge < -0.3 is 15.2 Å². The van der Waals surface area contributed by atoms with E-state index < -0.39 is 27.0 Å². The number of ether oxygens (including phenoxy) is 1. The standard InChI is InChI=1S/C8H17NO5S/c1-6(15(3,12)13)8(11)9-7(4-10)5-14-2/h6-7,10H,4-5H2,1-3H3,(H,9,11). The Bertz CT molecular complexity index is 300. The number of hydrogen-bond acceptors (Lipinski definition) is 5. The highest BCUT2D eigenvalue weighted by molar-refractivity contribution is 7.92. The van der Waals surface area contributed by atoms with Gasteiger partial charge in [-0.05, 0) is 6.92 Å². The van der Waals surface area contributed by atoms with Crippen molar-refractivity contribution in [2.45, 2.75) is 18.2 Å². The molecule has 0 aromatic heterocycles. The van der Waals surface area contributed by atoms with Crippen LogP contribution in [0.15, 0.2) is 0 Å². The lowest BCUT2D eigenvalue weighted by molar-refractivity contribution is -0.121. The molecule has 0 aromatic carbocycles. The van der Waals surface area contributed by atoms with Crippen molar-refractivity contribution in [3.05, 3.63) is 0 Å². The molecule has 6 nitrogen and oxygen atoms in total. The number of carbonyl (C=O) groups is 1. The van der Waals surface area contributed by atoms with Gasteiger partial charge in [0.15, 0.2) is 9.84 Å². The molecule has 0 aliphatic rings. The number of sulfone groups is 1. The Morgan fingerprint density at radius 3 is 2.40 bits per heavy atom. The van der Waals surface area contributed by atoms with Crippen LogP contribution in [0.2, 0.25) is 0 Å². The van der Waals surface area contributed by atoms with E-state index in [1.807, 2.05) is 0 Å². The van der Waals surface area contributed by atoms with Crippen molar-refractivity contribution < 1.29 is 23.1 Å². The average molecular weight is 239 g/mol. The van der Waals surface area contributed by atoms with Crippen LogP contribution in [0.3, 0.4) is 0 Å². The highest BCUT2D eigenvalue weighted by Gasteiger charge is 2.25. The van der Waals surface area contributed by atoms with Gasteiger partial charge in [-0.25, -0.2) is 8.42 Å². The summed E-state index contributed by atoms with van der Waals surface area (Å²) < 4.78 is 26.8. The van der Waals surface area contributed by atoms with Crippen LogP contribution in [0.25, 0.3) is 0 Å². The summed E-state index contributed by atoms with van der Waals surface area (Å²) >= 11 is 0. The summed E-state index contributed by atoms with van der Waals surface area (Å²) in [4.78, 5) is 11.4. The van der Waals surface area contributed by atoms with E-state index in [1.165, 1.54) is 14.0 Å². The Labute approximate surface area is 89.5 Å². The van der Waals surface area contributed by atoms with Crippen LogP contribution in [0.1, 0.15) is 6.92 Å². The number of rotatable bonds is 6. The maximum atomic E-state index is 11.4. The van der Waals surface area contributed by atoms with Crippen LogP contribution in [0.5, 0.6) is 0 Å². The van der Waals surface area contributed by atoms with Gasteiger partial charge in [-0.1, -0.05) is 0 Å². The Morgan fingerprint density at radius 1 is 1.53 bits per heavy atom. The second-order valence-electron chi connectivity index (χ2n) is 3.32. The number of hydrogen-bond donors (Lipinski definition) is 2. The second kappa shape index (κ2) is 6.04. The van der Waals surface area contributed by atoms with Crippen LogP contribution < -0.4 is 5.32 Å². The second-order valence-corrected chi connectivity index (χ2v) is 5.68. The van der Waals surface area contributed by atoms with E-state index in [1.54, 1.807) is 0 Å². The molecule has 0 radical (unpaired) electrons. The number of amides is 1. The first-order valence-electron chi connectivity index (χ1n) is 4.42. The fourth-order valence-corrected chi connectivity index (χ4v) is 1.31. The molecule has 0 rings (SSSR count). The molecule has 0 aliphatic heterocycles. The zero-order valence-corrected chi connectivity index (χ0v) is 9.87. The Morgan fingerprint density at radius 2 is 2.07 bits per heavy atom. The van der Waals surface area contributed by atoms with Crippen molar-refractivity contribution >= 4 is 15.7 Å². The summed E-state index contributed by atoms with van der Waals surface area (Å²) in [5, 5.41) is 10.1. The zero-order chi connectivity index (χ0) is 12.1. The van der Waals surface area contributed by atoms with Crippen LogP contribution in [-0.2, 0) is 19.4 Å². The molecular formula is C8H17NO5S. The molecule has 2 N–H and O–H groups in total. The lowest BCUT2D eigenvalue weighted by Gasteiger charge is -2.17. The zero-order valence-electron chi connectivity index (χ0n) is 9.06. The number of aliphatic hydroxyl groups is 1. The molecule has 2 unspecified atom stereocenters. The summed E-state index contributed by atoms with van der Waals surface area (Å²) in [5.41, 5.74) is 0. The van der Waals surface area contributed by atoms with Crippen molar-refractivity contribution in [1.82, 2.24) is 5.32 Å². The molecule has 0 spiro atoms. The summed E-state index contributed by atoms with van der Waals surface area (Å²) in [6.45, 7) is 1.14. The third-order valence-corrected chi connectivity index (χ3v) is 3.44. The van der Waals surface area contributed by atoms with Crippen LogP contribution in [0, 0.1) is 0 Å². The fourth-order valence-electron chi connectivity index (χ4n) is 0.854. The van der Waals surface area contributed by atoms with Gasteiger partial charge in [0.2, 0.25) is 5.91 Å². The monoisotopic (exact) mass is 239 g/mol. The Kier molecular flexibility index (Phi) is 5.77. The number of methoxy groups -OCH3 is 1. The van der Waals surface area contributed by atoms with Gasteiger partial charge >= 0.3 is 0 Å². The van der Waals surface area contributed by atoms with Crippen molar-refractivity contribution in [2.24, 2.45) is 0 Å². The quantitative estimate of drug-likeness (QED) is 0.591. The highest BCUT2D eigenvalue weighted by Crippen LogP contribution is 1.98.